The van der Waals surface area contributed by atoms with Crippen molar-refractivity contribution in [3.8, 4) is 11.8 Å². The average Bonchev–Trinajstić information content (AvgIpc) is 3.53. The second kappa shape index (κ2) is 18.8. The first-order valence-corrected chi connectivity index (χ1v) is 20.3. The molecule has 57 heavy (non-hydrogen) atoms. The van der Waals surface area contributed by atoms with Gasteiger partial charge >= 0.3 is 0 Å². The monoisotopic (exact) mass is 746 g/mol. The van der Waals surface area contributed by atoms with Gasteiger partial charge in [-0.15, -0.1) is 0 Å². The zero-order valence-corrected chi connectivity index (χ0v) is 34.9. The number of rotatable bonds is 14. The number of allylic oxidation sites excluding steroid dienone is 18. The Balaban J connectivity index is 1.31. The molecule has 2 heteroatoms. The molecule has 0 bridgehead atoms. The molecule has 3 aromatic rings. The minimum absolute atomic E-state index is 0.0293. The van der Waals surface area contributed by atoms with E-state index in [0.717, 1.165) is 66.0 Å². The van der Waals surface area contributed by atoms with E-state index in [0.29, 0.717) is 5.92 Å². The van der Waals surface area contributed by atoms with E-state index < -0.39 is 0 Å². The van der Waals surface area contributed by atoms with Crippen LogP contribution in [0.2, 0.25) is 0 Å². The molecule has 0 saturated heterocycles. The number of fused-ring (bicyclic) bond motifs is 2. The Kier molecular flexibility index (Phi) is 13.5. The Morgan fingerprint density at radius 3 is 2.56 bits per heavy atom. The quantitative estimate of drug-likeness (QED) is 0.131. The SMILES string of the molecule is C=CC1=C(C(=C)/C=C\C=C/C)c2ccccc2C(c2cccc3ccc(C)cc23)C=C1/C(C)=C/CC1=C(C)CC(CNCC2=C(N(C)C(=C)C)C=CCC#C2)C=C1. The molecular formula is C55H58N2. The topological polar surface area (TPSA) is 15.3 Å². The lowest BCUT2D eigenvalue weighted by Gasteiger charge is -2.23. The molecule has 0 amide bonds. The Hall–Kier alpha value is -5.88. The Morgan fingerprint density at radius 1 is 0.982 bits per heavy atom. The van der Waals surface area contributed by atoms with Gasteiger partial charge < -0.3 is 10.2 Å². The normalized spacial score (nSPS) is 18.4. The van der Waals surface area contributed by atoms with Gasteiger partial charge in [0.05, 0.1) is 5.70 Å². The van der Waals surface area contributed by atoms with E-state index in [1.54, 1.807) is 0 Å². The highest BCUT2D eigenvalue weighted by Gasteiger charge is 2.27. The predicted octanol–water partition coefficient (Wildman–Crippen LogP) is 13.3. The molecule has 288 valence electrons. The van der Waals surface area contributed by atoms with Gasteiger partial charge in [-0.3, -0.25) is 0 Å². The third kappa shape index (κ3) is 9.40. The van der Waals surface area contributed by atoms with Gasteiger partial charge in [-0.05, 0) is 120 Å². The van der Waals surface area contributed by atoms with E-state index in [1.807, 2.05) is 26.0 Å². The van der Waals surface area contributed by atoms with Gasteiger partial charge in [-0.25, -0.2) is 0 Å². The number of likely N-dealkylation sites (N-methyl/N-ethyl adjacent to an activating group) is 1. The first kappa shape index (κ1) is 40.8. The number of nitrogens with zero attached hydrogens (tertiary/aromatic N) is 1. The Bertz CT molecular complexity index is 2430. The molecule has 0 spiro atoms. The van der Waals surface area contributed by atoms with Crippen LogP contribution in [0.25, 0.3) is 16.3 Å². The first-order chi connectivity index (χ1) is 27.6. The maximum absolute atomic E-state index is 4.64. The predicted molar refractivity (Wildman–Crippen MR) is 248 cm³/mol. The summed E-state index contributed by atoms with van der Waals surface area (Å²) in [5.41, 5.74) is 16.8. The lowest BCUT2D eigenvalue weighted by atomic mass is 9.83. The number of nitrogens with one attached hydrogen (secondary N) is 1. The fourth-order valence-corrected chi connectivity index (χ4v) is 8.16. The summed E-state index contributed by atoms with van der Waals surface area (Å²) in [6.45, 7) is 25.7. The minimum atomic E-state index is 0.0293. The van der Waals surface area contributed by atoms with Gasteiger partial charge in [0.2, 0.25) is 0 Å². The van der Waals surface area contributed by atoms with Crippen molar-refractivity contribution in [2.24, 2.45) is 5.92 Å². The fraction of sp³-hybridized carbons (Fsp3) is 0.236. The molecule has 0 fully saturated rings. The number of aryl methyl sites for hydroxylation is 1. The Morgan fingerprint density at radius 2 is 1.79 bits per heavy atom. The van der Waals surface area contributed by atoms with E-state index in [1.165, 1.54) is 55.3 Å². The molecule has 0 aromatic heterocycles. The summed E-state index contributed by atoms with van der Waals surface area (Å²) in [7, 11) is 2.06. The molecule has 3 aliphatic rings. The summed E-state index contributed by atoms with van der Waals surface area (Å²) >= 11 is 0. The van der Waals surface area contributed by atoms with Crippen molar-refractivity contribution in [1.29, 1.82) is 0 Å². The van der Waals surface area contributed by atoms with Crippen molar-refractivity contribution in [2.45, 2.75) is 59.8 Å². The lowest BCUT2D eigenvalue weighted by molar-refractivity contribution is 0.525. The molecule has 0 aliphatic heterocycles. The number of hydrogen-bond acceptors (Lipinski definition) is 2. The lowest BCUT2D eigenvalue weighted by Crippen LogP contribution is -2.27. The van der Waals surface area contributed by atoms with Gasteiger partial charge in [0.15, 0.2) is 0 Å². The van der Waals surface area contributed by atoms with Crippen molar-refractivity contribution < 1.29 is 0 Å². The fourth-order valence-electron chi connectivity index (χ4n) is 8.16. The van der Waals surface area contributed by atoms with Crippen LogP contribution in [0.4, 0.5) is 0 Å². The summed E-state index contributed by atoms with van der Waals surface area (Å²) in [6.07, 6.45) is 26.9. The highest BCUT2D eigenvalue weighted by Crippen LogP contribution is 2.45. The van der Waals surface area contributed by atoms with Crippen LogP contribution in [-0.4, -0.2) is 25.0 Å². The summed E-state index contributed by atoms with van der Waals surface area (Å²) in [5, 5.41) is 6.26. The third-order valence-corrected chi connectivity index (χ3v) is 11.4. The van der Waals surface area contributed by atoms with Crippen molar-refractivity contribution >= 4 is 16.3 Å². The van der Waals surface area contributed by atoms with Crippen LogP contribution in [-0.2, 0) is 0 Å². The molecular weight excluding hydrogens is 689 g/mol. The van der Waals surface area contributed by atoms with Crippen LogP contribution < -0.4 is 5.32 Å². The van der Waals surface area contributed by atoms with Gasteiger partial charge in [0.1, 0.15) is 0 Å². The standard InChI is InChI=1S/C55H58N2/c1-10-12-14-20-41(7)55-47(11-2)51(35-53(48-23-17-18-24-50(48)55)49-25-19-22-45-30-27-39(5)33-52(45)49)40(6)28-31-44-32-29-43(34-42(44)8)36-56-37-46-21-15-13-16-26-54(46)57(9)38(3)4/h10-12,14,16-20,22-30,32-33,35,43,53,56H,2-3,7,13,31,34,36-37H2,1,4-6,8-9H3/b12-10-,20-14-,40-28+. The van der Waals surface area contributed by atoms with E-state index in [-0.39, 0.29) is 5.92 Å². The molecule has 2 nitrogen and oxygen atoms in total. The van der Waals surface area contributed by atoms with Crippen LogP contribution in [0.15, 0.2) is 198 Å². The van der Waals surface area contributed by atoms with Gasteiger partial charge in [0, 0.05) is 43.7 Å². The van der Waals surface area contributed by atoms with Crippen molar-refractivity contribution in [3.63, 3.8) is 0 Å². The van der Waals surface area contributed by atoms with Crippen LogP contribution >= 0.6 is 0 Å². The van der Waals surface area contributed by atoms with Crippen LogP contribution in [0, 0.1) is 24.7 Å². The smallest absolute Gasteiger partial charge is 0.0533 e. The summed E-state index contributed by atoms with van der Waals surface area (Å²) in [6, 6.07) is 22.4. The number of benzene rings is 3. The van der Waals surface area contributed by atoms with Crippen LogP contribution in [0.1, 0.15) is 75.1 Å². The van der Waals surface area contributed by atoms with E-state index >= 15 is 0 Å². The molecule has 2 atom stereocenters. The zero-order chi connectivity index (χ0) is 40.5. The van der Waals surface area contributed by atoms with Gasteiger partial charge in [-0.2, -0.15) is 0 Å². The largest absolute Gasteiger partial charge is 0.348 e. The zero-order valence-electron chi connectivity index (χ0n) is 34.9. The van der Waals surface area contributed by atoms with Crippen molar-refractivity contribution in [2.75, 3.05) is 20.1 Å². The Labute approximate surface area is 342 Å². The molecule has 3 aromatic carbocycles. The average molecular weight is 747 g/mol. The van der Waals surface area contributed by atoms with E-state index in [9.17, 15) is 0 Å². The van der Waals surface area contributed by atoms with Crippen molar-refractivity contribution in [3.05, 3.63) is 220 Å². The van der Waals surface area contributed by atoms with Gasteiger partial charge in [0.25, 0.3) is 0 Å². The summed E-state index contributed by atoms with van der Waals surface area (Å²) in [5.74, 6) is 7.14. The second-order valence-electron chi connectivity index (χ2n) is 15.5. The third-order valence-electron chi connectivity index (χ3n) is 11.4. The molecule has 0 radical (unpaired) electrons. The maximum Gasteiger partial charge on any atom is 0.0533 e. The summed E-state index contributed by atoms with van der Waals surface area (Å²) < 4.78 is 0. The van der Waals surface area contributed by atoms with Gasteiger partial charge in [-0.1, -0.05) is 164 Å². The first-order valence-electron chi connectivity index (χ1n) is 20.3. The van der Waals surface area contributed by atoms with E-state index in [4.69, 9.17) is 0 Å². The molecule has 1 N–H and O–H groups in total. The molecule has 6 rings (SSSR count). The van der Waals surface area contributed by atoms with E-state index in [2.05, 4.69) is 185 Å². The highest BCUT2D eigenvalue weighted by atomic mass is 15.1. The molecule has 2 unspecified atom stereocenters. The second-order valence-corrected chi connectivity index (χ2v) is 15.5. The number of hydrogen-bond donors (Lipinski definition) is 1. The molecule has 3 aliphatic carbocycles. The molecule has 0 heterocycles. The minimum Gasteiger partial charge on any atom is -0.348 e. The molecule has 0 saturated carbocycles. The van der Waals surface area contributed by atoms with Crippen molar-refractivity contribution in [1.82, 2.24) is 10.2 Å². The highest BCUT2D eigenvalue weighted by molar-refractivity contribution is 5.93. The van der Waals surface area contributed by atoms with Crippen LogP contribution in [0.5, 0.6) is 0 Å². The maximum atomic E-state index is 4.64. The summed E-state index contributed by atoms with van der Waals surface area (Å²) in [4.78, 5) is 2.13. The van der Waals surface area contributed by atoms with Crippen LogP contribution in [0.3, 0.4) is 0 Å².